The molecule has 0 bridgehead atoms. The molecule has 2 rings (SSSR count). The van der Waals surface area contributed by atoms with Crippen LogP contribution in [0.2, 0.25) is 5.02 Å². The molecule has 0 aliphatic rings. The summed E-state index contributed by atoms with van der Waals surface area (Å²) in [6.07, 6.45) is -4.67. The Kier molecular flexibility index (Phi) is 5.93. The van der Waals surface area contributed by atoms with Crippen molar-refractivity contribution in [3.8, 4) is 6.07 Å². The van der Waals surface area contributed by atoms with Crippen molar-refractivity contribution >= 4 is 35.0 Å². The number of carbonyl (C=O) groups excluding carboxylic acids is 1. The topological polar surface area (TPSA) is 65.8 Å². The largest absolute Gasteiger partial charge is 0.417 e. The molecule has 0 saturated carbocycles. The minimum Gasteiger partial charge on any atom is -0.324 e. The molecule has 1 aromatic heterocycles. The summed E-state index contributed by atoms with van der Waals surface area (Å²) in [4.78, 5) is 15.9. The van der Waals surface area contributed by atoms with Crippen molar-refractivity contribution in [1.29, 1.82) is 5.26 Å². The summed E-state index contributed by atoms with van der Waals surface area (Å²) in [5, 5.41) is 11.8. The van der Waals surface area contributed by atoms with Crippen LogP contribution in [0.4, 0.5) is 18.9 Å². The molecule has 0 aliphatic heterocycles. The van der Waals surface area contributed by atoms with Crippen LogP contribution in [0.3, 0.4) is 0 Å². The van der Waals surface area contributed by atoms with Crippen molar-refractivity contribution in [2.45, 2.75) is 18.1 Å². The Labute approximate surface area is 151 Å². The van der Waals surface area contributed by atoms with Gasteiger partial charge in [0.05, 0.1) is 27.6 Å². The van der Waals surface area contributed by atoms with E-state index in [1.165, 1.54) is 13.0 Å². The van der Waals surface area contributed by atoms with E-state index in [1.54, 1.807) is 24.3 Å². The third-order valence-corrected chi connectivity index (χ3v) is 4.32. The van der Waals surface area contributed by atoms with E-state index in [4.69, 9.17) is 16.9 Å². The highest BCUT2D eigenvalue weighted by Gasteiger charge is 2.35. The Hall–Kier alpha value is -2.24. The van der Waals surface area contributed by atoms with Gasteiger partial charge in [0.1, 0.15) is 11.1 Å². The average Bonchev–Trinajstić information content (AvgIpc) is 2.53. The minimum absolute atomic E-state index is 0.111. The first-order valence-electron chi connectivity index (χ1n) is 6.88. The Morgan fingerprint density at radius 1 is 1.40 bits per heavy atom. The first kappa shape index (κ1) is 19.1. The number of benzene rings is 1. The molecule has 0 atom stereocenters. The number of rotatable bonds is 4. The normalized spacial score (nSPS) is 11.0. The zero-order chi connectivity index (χ0) is 18.6. The SMILES string of the molecule is Cc1cc(C(F)(F)F)c(C#N)c(SCC(=O)Nc2ccccc2Cl)n1. The number of nitriles is 1. The number of anilines is 1. The molecule has 2 aromatic rings. The number of nitrogens with zero attached hydrogens (tertiary/aromatic N) is 2. The lowest BCUT2D eigenvalue weighted by Crippen LogP contribution is -2.15. The number of amides is 1. The molecule has 0 saturated heterocycles. The Balaban J connectivity index is 2.18. The van der Waals surface area contributed by atoms with Crippen LogP contribution in [0.5, 0.6) is 0 Å². The predicted molar refractivity (Wildman–Crippen MR) is 89.5 cm³/mol. The highest BCUT2D eigenvalue weighted by molar-refractivity contribution is 8.00. The Morgan fingerprint density at radius 3 is 2.68 bits per heavy atom. The molecular weight excluding hydrogens is 375 g/mol. The molecule has 1 aromatic carbocycles. The summed E-state index contributed by atoms with van der Waals surface area (Å²) in [5.41, 5.74) is -1.14. The van der Waals surface area contributed by atoms with Gasteiger partial charge < -0.3 is 5.32 Å². The van der Waals surface area contributed by atoms with Gasteiger partial charge in [-0.3, -0.25) is 4.79 Å². The smallest absolute Gasteiger partial charge is 0.324 e. The lowest BCUT2D eigenvalue weighted by atomic mass is 10.1. The maximum Gasteiger partial charge on any atom is 0.417 e. The van der Waals surface area contributed by atoms with Crippen LogP contribution in [0, 0.1) is 18.3 Å². The number of alkyl halides is 3. The quantitative estimate of drug-likeness (QED) is 0.777. The van der Waals surface area contributed by atoms with E-state index in [0.717, 1.165) is 17.8 Å². The second-order valence-corrected chi connectivity index (χ2v) is 6.29. The molecule has 0 unspecified atom stereocenters. The number of para-hydroxylation sites is 1. The van der Waals surface area contributed by atoms with Crippen LogP contribution >= 0.6 is 23.4 Å². The fraction of sp³-hybridized carbons (Fsp3) is 0.188. The first-order chi connectivity index (χ1) is 11.7. The number of carbonyl (C=O) groups is 1. The summed E-state index contributed by atoms with van der Waals surface area (Å²) in [6.45, 7) is 1.39. The number of aryl methyl sites for hydroxylation is 1. The first-order valence-corrected chi connectivity index (χ1v) is 8.25. The van der Waals surface area contributed by atoms with E-state index in [0.29, 0.717) is 10.7 Å². The maximum atomic E-state index is 13.0. The fourth-order valence-electron chi connectivity index (χ4n) is 1.96. The highest BCUT2D eigenvalue weighted by Crippen LogP contribution is 2.35. The molecule has 4 nitrogen and oxygen atoms in total. The summed E-state index contributed by atoms with van der Waals surface area (Å²) in [6, 6.07) is 8.90. The van der Waals surface area contributed by atoms with Gasteiger partial charge in [0.2, 0.25) is 5.91 Å². The molecule has 0 aliphatic carbocycles. The van der Waals surface area contributed by atoms with E-state index < -0.39 is 23.2 Å². The van der Waals surface area contributed by atoms with E-state index in [-0.39, 0.29) is 16.5 Å². The van der Waals surface area contributed by atoms with E-state index in [2.05, 4.69) is 10.3 Å². The minimum atomic E-state index is -4.67. The van der Waals surface area contributed by atoms with Crippen molar-refractivity contribution in [2.24, 2.45) is 0 Å². The number of nitrogens with one attached hydrogen (secondary N) is 1. The zero-order valence-corrected chi connectivity index (χ0v) is 14.4. The molecule has 0 spiro atoms. The molecule has 130 valence electrons. The standard InChI is InChI=1S/C16H11ClF3N3OS/c1-9-6-11(16(18,19)20)10(7-21)15(22-9)25-8-14(24)23-13-5-3-2-4-12(13)17/h2-6H,8H2,1H3,(H,23,24). The lowest BCUT2D eigenvalue weighted by molar-refractivity contribution is -0.138. The van der Waals surface area contributed by atoms with Crippen LogP contribution in [0.15, 0.2) is 35.4 Å². The number of hydrogen-bond acceptors (Lipinski definition) is 4. The van der Waals surface area contributed by atoms with Crippen LogP contribution in [0.25, 0.3) is 0 Å². The van der Waals surface area contributed by atoms with Crippen molar-refractivity contribution in [1.82, 2.24) is 4.98 Å². The second-order valence-electron chi connectivity index (χ2n) is 4.92. The fourth-order valence-corrected chi connectivity index (χ4v) is 2.99. The molecule has 0 radical (unpaired) electrons. The Morgan fingerprint density at radius 2 is 2.08 bits per heavy atom. The van der Waals surface area contributed by atoms with Gasteiger partial charge in [0, 0.05) is 5.69 Å². The summed E-state index contributed by atoms with van der Waals surface area (Å²) in [5.74, 6) is -0.688. The summed E-state index contributed by atoms with van der Waals surface area (Å²) < 4.78 is 39.1. The van der Waals surface area contributed by atoms with Gasteiger partial charge in [-0.25, -0.2) is 4.98 Å². The second kappa shape index (κ2) is 7.76. The van der Waals surface area contributed by atoms with Gasteiger partial charge in [-0.05, 0) is 25.1 Å². The van der Waals surface area contributed by atoms with Crippen molar-refractivity contribution < 1.29 is 18.0 Å². The van der Waals surface area contributed by atoms with Gasteiger partial charge in [0.25, 0.3) is 0 Å². The van der Waals surface area contributed by atoms with E-state index in [1.807, 2.05) is 0 Å². The van der Waals surface area contributed by atoms with Crippen LogP contribution < -0.4 is 5.32 Å². The molecule has 9 heteroatoms. The Bertz CT molecular complexity index is 849. The third kappa shape index (κ3) is 4.87. The zero-order valence-electron chi connectivity index (χ0n) is 12.8. The molecule has 0 fully saturated rings. The molecule has 25 heavy (non-hydrogen) atoms. The average molecular weight is 386 g/mol. The van der Waals surface area contributed by atoms with Crippen LogP contribution in [-0.2, 0) is 11.0 Å². The van der Waals surface area contributed by atoms with Crippen LogP contribution in [-0.4, -0.2) is 16.6 Å². The van der Waals surface area contributed by atoms with Crippen LogP contribution in [0.1, 0.15) is 16.8 Å². The van der Waals surface area contributed by atoms with E-state index in [9.17, 15) is 18.0 Å². The number of thioether (sulfide) groups is 1. The predicted octanol–water partition coefficient (Wildman–Crippen LogP) is 4.66. The monoisotopic (exact) mass is 385 g/mol. The number of hydrogen-bond donors (Lipinski definition) is 1. The molecular formula is C16H11ClF3N3OS. The van der Waals surface area contributed by atoms with E-state index >= 15 is 0 Å². The van der Waals surface area contributed by atoms with Crippen molar-refractivity contribution in [3.05, 3.63) is 52.2 Å². The van der Waals surface area contributed by atoms with Crippen molar-refractivity contribution in [3.63, 3.8) is 0 Å². The van der Waals surface area contributed by atoms with Crippen molar-refractivity contribution in [2.75, 3.05) is 11.1 Å². The summed E-state index contributed by atoms with van der Waals surface area (Å²) >= 11 is 6.68. The number of pyridine rings is 1. The van der Waals surface area contributed by atoms with Gasteiger partial charge >= 0.3 is 6.18 Å². The third-order valence-electron chi connectivity index (χ3n) is 3.02. The molecule has 1 amide bonds. The maximum absolute atomic E-state index is 13.0. The molecule has 1 heterocycles. The number of aromatic nitrogens is 1. The number of halogens is 4. The summed E-state index contributed by atoms with van der Waals surface area (Å²) in [7, 11) is 0. The van der Waals surface area contributed by atoms with Gasteiger partial charge in [-0.2, -0.15) is 18.4 Å². The molecule has 1 N–H and O–H groups in total. The lowest BCUT2D eigenvalue weighted by Gasteiger charge is -2.13. The van der Waals surface area contributed by atoms with Gasteiger partial charge in [0.15, 0.2) is 0 Å². The van der Waals surface area contributed by atoms with Gasteiger partial charge in [-0.15, -0.1) is 0 Å². The highest BCUT2D eigenvalue weighted by atomic mass is 35.5. The van der Waals surface area contributed by atoms with Gasteiger partial charge in [-0.1, -0.05) is 35.5 Å².